The minimum Gasteiger partial charge on any atom is -0.478 e. The van der Waals surface area contributed by atoms with Crippen molar-refractivity contribution in [3.63, 3.8) is 0 Å². The van der Waals surface area contributed by atoms with E-state index in [4.69, 9.17) is 9.84 Å². The molecule has 17 heavy (non-hydrogen) atoms. The molecular formula is C12H13FO4. The van der Waals surface area contributed by atoms with Crippen LogP contribution in [0.3, 0.4) is 0 Å². The lowest BCUT2D eigenvalue weighted by Gasteiger charge is -2.19. The van der Waals surface area contributed by atoms with Gasteiger partial charge < -0.3 is 9.84 Å². The van der Waals surface area contributed by atoms with Gasteiger partial charge in [0.1, 0.15) is 5.60 Å². The average molecular weight is 240 g/mol. The molecule has 92 valence electrons. The Morgan fingerprint density at radius 2 is 1.76 bits per heavy atom. The molecule has 0 saturated heterocycles. The predicted octanol–water partition coefficient (Wildman–Crippen LogP) is 2.48. The van der Waals surface area contributed by atoms with Crippen molar-refractivity contribution in [2.45, 2.75) is 26.4 Å². The fourth-order valence-electron chi connectivity index (χ4n) is 1.19. The maximum atomic E-state index is 13.7. The number of esters is 1. The number of benzene rings is 1. The van der Waals surface area contributed by atoms with Gasteiger partial charge in [-0.3, -0.25) is 0 Å². The summed E-state index contributed by atoms with van der Waals surface area (Å²) in [4.78, 5) is 22.3. The molecule has 1 N–H and O–H groups in total. The number of carbonyl (C=O) groups excluding carboxylic acids is 1. The second-order valence-electron chi connectivity index (χ2n) is 4.47. The maximum absolute atomic E-state index is 13.7. The molecule has 0 atom stereocenters. The summed E-state index contributed by atoms with van der Waals surface area (Å²) in [6.07, 6.45) is 0. The van der Waals surface area contributed by atoms with Crippen LogP contribution in [0.1, 0.15) is 41.5 Å². The summed E-state index contributed by atoms with van der Waals surface area (Å²) >= 11 is 0. The third kappa shape index (κ3) is 3.27. The molecule has 0 amide bonds. The highest BCUT2D eigenvalue weighted by Gasteiger charge is 2.23. The number of carbonyl (C=O) groups is 2. The molecule has 0 unspecified atom stereocenters. The summed E-state index contributed by atoms with van der Waals surface area (Å²) in [5, 5.41) is 8.71. The lowest BCUT2D eigenvalue weighted by molar-refractivity contribution is 0.00647. The van der Waals surface area contributed by atoms with E-state index in [1.807, 2.05) is 0 Å². The van der Waals surface area contributed by atoms with Gasteiger partial charge in [-0.1, -0.05) is 6.07 Å². The molecule has 1 rings (SSSR count). The minimum absolute atomic E-state index is 0.375. The van der Waals surface area contributed by atoms with Crippen LogP contribution in [0.15, 0.2) is 18.2 Å². The summed E-state index contributed by atoms with van der Waals surface area (Å²) in [5.41, 5.74) is -1.68. The van der Waals surface area contributed by atoms with Crippen molar-refractivity contribution >= 4 is 11.9 Å². The van der Waals surface area contributed by atoms with Crippen LogP contribution < -0.4 is 0 Å². The molecular weight excluding hydrogens is 227 g/mol. The van der Waals surface area contributed by atoms with Crippen LogP contribution >= 0.6 is 0 Å². The first kappa shape index (κ1) is 13.2. The van der Waals surface area contributed by atoms with Crippen molar-refractivity contribution in [2.75, 3.05) is 0 Å². The quantitative estimate of drug-likeness (QED) is 0.806. The van der Waals surface area contributed by atoms with Gasteiger partial charge >= 0.3 is 11.9 Å². The molecule has 1 aromatic carbocycles. The monoisotopic (exact) mass is 240 g/mol. The lowest BCUT2D eigenvalue weighted by Crippen LogP contribution is -2.24. The molecule has 0 fully saturated rings. The molecule has 5 heteroatoms. The number of hydrogen-bond donors (Lipinski definition) is 1. The van der Waals surface area contributed by atoms with E-state index in [0.29, 0.717) is 0 Å². The van der Waals surface area contributed by atoms with E-state index in [0.717, 1.165) is 6.07 Å². The first-order chi connectivity index (χ1) is 7.72. The summed E-state index contributed by atoms with van der Waals surface area (Å²) in [7, 11) is 0. The van der Waals surface area contributed by atoms with Crippen molar-refractivity contribution in [3.05, 3.63) is 35.1 Å². The zero-order valence-corrected chi connectivity index (χ0v) is 9.78. The van der Waals surface area contributed by atoms with Crippen molar-refractivity contribution in [1.29, 1.82) is 0 Å². The van der Waals surface area contributed by atoms with E-state index in [9.17, 15) is 14.0 Å². The molecule has 0 radical (unpaired) electrons. The van der Waals surface area contributed by atoms with Gasteiger partial charge in [-0.2, -0.15) is 0 Å². The Labute approximate surface area is 98.0 Å². The first-order valence-corrected chi connectivity index (χ1v) is 4.97. The van der Waals surface area contributed by atoms with Crippen LogP contribution in [0, 0.1) is 5.82 Å². The molecule has 0 aliphatic heterocycles. The number of aromatic carboxylic acids is 1. The number of carboxylic acids is 1. The number of hydrogen-bond acceptors (Lipinski definition) is 3. The predicted molar refractivity (Wildman–Crippen MR) is 58.5 cm³/mol. The standard InChI is InChI=1S/C12H13FO4/c1-12(2,3)17-11(16)8-6-4-5-7(9(8)13)10(14)15/h4-6H,1-3H3,(H,14,15). The summed E-state index contributed by atoms with van der Waals surface area (Å²) < 4.78 is 18.6. The van der Waals surface area contributed by atoms with Crippen LogP contribution in [0.25, 0.3) is 0 Å². The van der Waals surface area contributed by atoms with E-state index >= 15 is 0 Å². The molecule has 0 aliphatic rings. The zero-order chi connectivity index (χ0) is 13.2. The van der Waals surface area contributed by atoms with Gasteiger partial charge in [0.15, 0.2) is 5.82 Å². The van der Waals surface area contributed by atoms with Gasteiger partial charge in [-0.25, -0.2) is 14.0 Å². The molecule has 0 heterocycles. The Morgan fingerprint density at radius 1 is 1.24 bits per heavy atom. The van der Waals surface area contributed by atoms with Crippen molar-refractivity contribution < 1.29 is 23.8 Å². The van der Waals surface area contributed by atoms with Crippen LogP contribution in [-0.2, 0) is 4.74 Å². The van der Waals surface area contributed by atoms with Crippen LogP contribution in [-0.4, -0.2) is 22.6 Å². The van der Waals surface area contributed by atoms with Gasteiger partial charge in [0.25, 0.3) is 0 Å². The average Bonchev–Trinajstić information content (AvgIpc) is 2.14. The Bertz CT molecular complexity index is 460. The molecule has 1 aromatic rings. The molecule has 0 bridgehead atoms. The van der Waals surface area contributed by atoms with E-state index < -0.39 is 28.9 Å². The molecule has 0 saturated carbocycles. The van der Waals surface area contributed by atoms with Gasteiger partial charge in [-0.05, 0) is 32.9 Å². The largest absolute Gasteiger partial charge is 0.478 e. The third-order valence-corrected chi connectivity index (χ3v) is 1.85. The van der Waals surface area contributed by atoms with Crippen LogP contribution in [0.4, 0.5) is 4.39 Å². The van der Waals surface area contributed by atoms with Crippen molar-refractivity contribution in [3.8, 4) is 0 Å². The minimum atomic E-state index is -1.42. The topological polar surface area (TPSA) is 63.6 Å². The highest BCUT2D eigenvalue weighted by Crippen LogP contribution is 2.17. The SMILES string of the molecule is CC(C)(C)OC(=O)c1cccc(C(=O)O)c1F. The highest BCUT2D eigenvalue weighted by molar-refractivity contribution is 5.95. The van der Waals surface area contributed by atoms with Crippen LogP contribution in [0.2, 0.25) is 0 Å². The fourth-order valence-corrected chi connectivity index (χ4v) is 1.19. The molecule has 0 aliphatic carbocycles. The van der Waals surface area contributed by atoms with Crippen LogP contribution in [0.5, 0.6) is 0 Å². The Balaban J connectivity index is 3.11. The van der Waals surface area contributed by atoms with E-state index in [2.05, 4.69) is 0 Å². The molecule has 0 spiro atoms. The van der Waals surface area contributed by atoms with Gasteiger partial charge in [0.2, 0.25) is 0 Å². The van der Waals surface area contributed by atoms with Gasteiger partial charge in [0.05, 0.1) is 11.1 Å². The number of rotatable bonds is 2. The molecule has 0 aromatic heterocycles. The smallest absolute Gasteiger partial charge is 0.341 e. The number of carboxylic acid groups (broad SMARTS) is 1. The fraction of sp³-hybridized carbons (Fsp3) is 0.333. The molecule has 4 nitrogen and oxygen atoms in total. The lowest BCUT2D eigenvalue weighted by atomic mass is 10.1. The highest BCUT2D eigenvalue weighted by atomic mass is 19.1. The van der Waals surface area contributed by atoms with Gasteiger partial charge in [0, 0.05) is 0 Å². The second-order valence-corrected chi connectivity index (χ2v) is 4.47. The first-order valence-electron chi connectivity index (χ1n) is 4.97. The maximum Gasteiger partial charge on any atom is 0.341 e. The van der Waals surface area contributed by atoms with E-state index in [1.165, 1.54) is 12.1 Å². The Morgan fingerprint density at radius 3 is 2.24 bits per heavy atom. The third-order valence-electron chi connectivity index (χ3n) is 1.85. The van der Waals surface area contributed by atoms with Crippen molar-refractivity contribution in [2.24, 2.45) is 0 Å². The number of halogens is 1. The normalized spacial score (nSPS) is 11.1. The Hall–Kier alpha value is -1.91. The summed E-state index contributed by atoms with van der Waals surface area (Å²) in [6.45, 7) is 4.93. The van der Waals surface area contributed by atoms with Gasteiger partial charge in [-0.15, -0.1) is 0 Å². The van der Waals surface area contributed by atoms with Crippen molar-refractivity contribution in [1.82, 2.24) is 0 Å². The second kappa shape index (κ2) is 4.53. The van der Waals surface area contributed by atoms with E-state index in [-0.39, 0.29) is 5.56 Å². The summed E-state index contributed by atoms with van der Waals surface area (Å²) in [6, 6.07) is 3.58. The van der Waals surface area contributed by atoms with E-state index in [1.54, 1.807) is 20.8 Å². The zero-order valence-electron chi connectivity index (χ0n) is 9.78. The summed E-state index contributed by atoms with van der Waals surface area (Å²) in [5.74, 6) is -3.37. The Kier molecular flexibility index (Phi) is 3.50. The number of ether oxygens (including phenoxy) is 1.